The van der Waals surface area contributed by atoms with Gasteiger partial charge in [-0.05, 0) is 48.8 Å². The first-order chi connectivity index (χ1) is 16.4. The van der Waals surface area contributed by atoms with Crippen LogP contribution in [0.1, 0.15) is 60.0 Å². The monoisotopic (exact) mass is 466 g/mol. The average Bonchev–Trinajstić information content (AvgIpc) is 3.76. The van der Waals surface area contributed by atoms with Gasteiger partial charge in [-0.1, -0.05) is 0 Å². The van der Waals surface area contributed by atoms with Crippen molar-refractivity contribution in [3.8, 4) is 0 Å². The van der Waals surface area contributed by atoms with Crippen molar-refractivity contribution in [3.05, 3.63) is 52.2 Å². The molecule has 0 radical (unpaired) electrons. The molecule has 2 atom stereocenters. The first-order valence-corrected chi connectivity index (χ1v) is 11.9. The molecule has 3 aromatic rings. The Morgan fingerprint density at radius 1 is 1.15 bits per heavy atom. The van der Waals surface area contributed by atoms with Crippen LogP contribution in [-0.2, 0) is 0 Å². The number of hydrogen-bond acceptors (Lipinski definition) is 5. The van der Waals surface area contributed by atoms with Crippen molar-refractivity contribution in [3.63, 3.8) is 0 Å². The quantitative estimate of drug-likeness (QED) is 0.592. The number of nitrogens with zero attached hydrogens (tertiary/aromatic N) is 6. The molecule has 176 valence electrons. The molecule has 0 spiro atoms. The lowest BCUT2D eigenvalue weighted by Gasteiger charge is -2.33. The molecule has 3 fully saturated rings. The molecule has 0 bridgehead atoms. The zero-order chi connectivity index (χ0) is 23.2. The molecular weight excluding hydrogens is 442 g/mol. The van der Waals surface area contributed by atoms with Crippen LogP contribution < -0.4 is 10.6 Å². The van der Waals surface area contributed by atoms with E-state index in [0.29, 0.717) is 23.0 Å². The van der Waals surface area contributed by atoms with Crippen molar-refractivity contribution in [1.29, 1.82) is 0 Å². The first-order valence-electron chi connectivity index (χ1n) is 11.9. The number of amides is 1. The zero-order valence-electron chi connectivity index (χ0n) is 18.5. The summed E-state index contributed by atoms with van der Waals surface area (Å²) in [5, 5.41) is 4.53. The summed E-state index contributed by atoms with van der Waals surface area (Å²) in [5.74, 6) is -1.25. The number of carbonyl (C=O) groups excluding carboxylic acids is 1. The van der Waals surface area contributed by atoms with Gasteiger partial charge in [-0.3, -0.25) is 9.20 Å². The van der Waals surface area contributed by atoms with Crippen LogP contribution >= 0.6 is 0 Å². The number of halogens is 2. The van der Waals surface area contributed by atoms with Crippen LogP contribution in [0, 0.1) is 5.92 Å². The van der Waals surface area contributed by atoms with Crippen LogP contribution in [0.25, 0.3) is 5.65 Å². The maximum Gasteiger partial charge on any atom is 0.350 e. The van der Waals surface area contributed by atoms with Gasteiger partial charge in [0.1, 0.15) is 5.82 Å². The number of rotatable bonds is 3. The van der Waals surface area contributed by atoms with E-state index in [1.807, 2.05) is 18.2 Å². The third-order valence-corrected chi connectivity index (χ3v) is 7.65. The second-order valence-electron chi connectivity index (χ2n) is 10.1. The van der Waals surface area contributed by atoms with Gasteiger partial charge in [0.05, 0.1) is 11.6 Å². The lowest BCUT2D eigenvalue weighted by atomic mass is 10.0. The van der Waals surface area contributed by atoms with Gasteiger partial charge in [0.2, 0.25) is 0 Å². The number of fused-ring (bicyclic) bond motifs is 4. The molecule has 1 saturated heterocycles. The molecule has 8 nitrogen and oxygen atoms in total. The van der Waals surface area contributed by atoms with Gasteiger partial charge in [0, 0.05) is 56.6 Å². The van der Waals surface area contributed by atoms with E-state index in [1.54, 1.807) is 21.5 Å². The number of alkyl halides is 2. The van der Waals surface area contributed by atoms with Gasteiger partial charge in [-0.25, -0.2) is 23.2 Å². The van der Waals surface area contributed by atoms with Crippen molar-refractivity contribution < 1.29 is 13.6 Å². The molecule has 3 aromatic heterocycles. The fourth-order valence-corrected chi connectivity index (χ4v) is 5.39. The Bertz CT molecular complexity index is 1380. The smallest absolute Gasteiger partial charge is 0.338 e. The topological polar surface area (TPSA) is 75.7 Å². The summed E-state index contributed by atoms with van der Waals surface area (Å²) in [6, 6.07) is 5.94. The van der Waals surface area contributed by atoms with E-state index < -0.39 is 5.92 Å². The van der Waals surface area contributed by atoms with Gasteiger partial charge < -0.3 is 9.80 Å². The SMILES string of the molecule is O=C(c1cnc2c(c1)C1CC1CN2c1ccn2c(=O)n(C3CC3)nc2c1)N1CCC(F)(F)CC1. The molecule has 1 amide bonds. The Kier molecular flexibility index (Phi) is 4.06. The minimum atomic E-state index is -2.69. The molecule has 2 unspecified atom stereocenters. The van der Waals surface area contributed by atoms with Crippen LogP contribution in [0.2, 0.25) is 0 Å². The Hall–Kier alpha value is -3.30. The lowest BCUT2D eigenvalue weighted by Crippen LogP contribution is -2.42. The van der Waals surface area contributed by atoms with Gasteiger partial charge in [-0.2, -0.15) is 0 Å². The van der Waals surface area contributed by atoms with Crippen LogP contribution in [0.4, 0.5) is 20.3 Å². The number of carbonyl (C=O) groups is 1. The van der Waals surface area contributed by atoms with E-state index >= 15 is 0 Å². The van der Waals surface area contributed by atoms with Crippen LogP contribution in [0.5, 0.6) is 0 Å². The fourth-order valence-electron chi connectivity index (χ4n) is 5.39. The van der Waals surface area contributed by atoms with E-state index in [1.165, 1.54) is 4.90 Å². The second kappa shape index (κ2) is 6.86. The van der Waals surface area contributed by atoms with Crippen molar-refractivity contribution in [2.24, 2.45) is 5.92 Å². The fraction of sp³-hybridized carbons (Fsp3) is 0.500. The standard InChI is InChI=1S/C24H24F2N6O2/c25-24(26)4-7-29(8-5-24)22(33)14-9-19-18-10-15(18)13-31(21(19)27-12-14)17-3-6-30-20(11-17)28-32(23(30)34)16-1-2-16/h3,6,9,11-12,15-16,18H,1-2,4-5,7-8,10,13H2. The summed E-state index contributed by atoms with van der Waals surface area (Å²) in [5.41, 5.74) is 2.91. The Morgan fingerprint density at radius 2 is 1.94 bits per heavy atom. The molecule has 10 heteroatoms. The van der Waals surface area contributed by atoms with Crippen molar-refractivity contribution in [1.82, 2.24) is 24.1 Å². The number of aromatic nitrogens is 4. The van der Waals surface area contributed by atoms with E-state index in [9.17, 15) is 18.4 Å². The Morgan fingerprint density at radius 3 is 2.71 bits per heavy atom. The molecule has 7 rings (SSSR count). The van der Waals surface area contributed by atoms with Crippen molar-refractivity contribution in [2.75, 3.05) is 24.5 Å². The van der Waals surface area contributed by atoms with Gasteiger partial charge in [0.15, 0.2) is 5.65 Å². The van der Waals surface area contributed by atoms with E-state index in [-0.39, 0.29) is 43.6 Å². The minimum absolute atomic E-state index is 0.0635. The predicted molar refractivity (Wildman–Crippen MR) is 120 cm³/mol. The second-order valence-corrected chi connectivity index (χ2v) is 10.1. The predicted octanol–water partition coefficient (Wildman–Crippen LogP) is 3.35. The molecule has 4 aliphatic rings. The number of hydrogen-bond donors (Lipinski definition) is 0. The highest BCUT2D eigenvalue weighted by molar-refractivity contribution is 5.94. The summed E-state index contributed by atoms with van der Waals surface area (Å²) in [6.07, 6.45) is 5.76. The van der Waals surface area contributed by atoms with Gasteiger partial charge in [0.25, 0.3) is 11.8 Å². The Balaban J connectivity index is 1.21. The van der Waals surface area contributed by atoms with E-state index in [0.717, 1.165) is 42.9 Å². The number of likely N-dealkylation sites (tertiary alicyclic amines) is 1. The number of piperidine rings is 1. The van der Waals surface area contributed by atoms with E-state index in [4.69, 9.17) is 0 Å². The third kappa shape index (κ3) is 3.14. The van der Waals surface area contributed by atoms with Crippen LogP contribution in [0.3, 0.4) is 0 Å². The molecule has 0 aromatic carbocycles. The summed E-state index contributed by atoms with van der Waals surface area (Å²) in [7, 11) is 0. The molecule has 2 aliphatic carbocycles. The minimum Gasteiger partial charge on any atom is -0.338 e. The van der Waals surface area contributed by atoms with Crippen molar-refractivity contribution >= 4 is 23.1 Å². The van der Waals surface area contributed by atoms with Gasteiger partial charge in [-0.15, -0.1) is 5.10 Å². The Labute approximate surface area is 193 Å². The number of anilines is 2. The lowest BCUT2D eigenvalue weighted by molar-refractivity contribution is -0.0494. The summed E-state index contributed by atoms with van der Waals surface area (Å²) in [4.78, 5) is 33.9. The van der Waals surface area contributed by atoms with Crippen LogP contribution in [0.15, 0.2) is 35.4 Å². The highest BCUT2D eigenvalue weighted by Crippen LogP contribution is 2.55. The summed E-state index contributed by atoms with van der Waals surface area (Å²) in [6.45, 7) is 0.949. The number of pyridine rings is 2. The third-order valence-electron chi connectivity index (χ3n) is 7.65. The van der Waals surface area contributed by atoms with Gasteiger partial charge >= 0.3 is 5.69 Å². The van der Waals surface area contributed by atoms with Crippen LogP contribution in [-0.4, -0.2) is 55.5 Å². The highest BCUT2D eigenvalue weighted by atomic mass is 19.3. The maximum atomic E-state index is 13.5. The first kappa shape index (κ1) is 20.1. The molecule has 2 saturated carbocycles. The maximum absolute atomic E-state index is 13.5. The molecule has 2 aliphatic heterocycles. The molecular formula is C24H24F2N6O2. The summed E-state index contributed by atoms with van der Waals surface area (Å²) < 4.78 is 30.2. The molecule has 5 heterocycles. The highest BCUT2D eigenvalue weighted by Gasteiger charge is 2.46. The average molecular weight is 466 g/mol. The zero-order valence-corrected chi connectivity index (χ0v) is 18.5. The largest absolute Gasteiger partial charge is 0.350 e. The summed E-state index contributed by atoms with van der Waals surface area (Å²) >= 11 is 0. The van der Waals surface area contributed by atoms with Crippen molar-refractivity contribution in [2.45, 2.75) is 50.0 Å². The molecule has 0 N–H and O–H groups in total. The molecule has 34 heavy (non-hydrogen) atoms. The van der Waals surface area contributed by atoms with E-state index in [2.05, 4.69) is 15.0 Å². The normalized spacial score (nSPS) is 25.2.